The normalized spacial score (nSPS) is 16.4. The number of carbonyl (C=O) groups is 2. The van der Waals surface area contributed by atoms with Gasteiger partial charge in [0.05, 0.1) is 24.7 Å². The van der Waals surface area contributed by atoms with Gasteiger partial charge in [0, 0.05) is 24.3 Å². The maximum Gasteiger partial charge on any atom is 0.229 e. The SMILES string of the molecule is COc1ccc(N2C[C@H](C(=O)Nc3ccc(C#N)cc3)CC2=O)cc1. The highest BCUT2D eigenvalue weighted by Crippen LogP contribution is 2.27. The molecule has 3 rings (SSSR count). The zero-order chi connectivity index (χ0) is 17.8. The lowest BCUT2D eigenvalue weighted by molar-refractivity contribution is -0.122. The van der Waals surface area contributed by atoms with E-state index < -0.39 is 5.92 Å². The summed E-state index contributed by atoms with van der Waals surface area (Å²) in [5, 5.41) is 11.6. The van der Waals surface area contributed by atoms with Crippen LogP contribution in [0.3, 0.4) is 0 Å². The van der Waals surface area contributed by atoms with Crippen molar-refractivity contribution in [1.82, 2.24) is 0 Å². The first-order chi connectivity index (χ1) is 12.1. The molecule has 1 heterocycles. The first kappa shape index (κ1) is 16.5. The fourth-order valence-electron chi connectivity index (χ4n) is 2.77. The molecule has 1 saturated heterocycles. The number of methoxy groups -OCH3 is 1. The molecule has 1 fully saturated rings. The van der Waals surface area contributed by atoms with Crippen LogP contribution in [0, 0.1) is 17.2 Å². The summed E-state index contributed by atoms with van der Waals surface area (Å²) in [4.78, 5) is 26.3. The van der Waals surface area contributed by atoms with E-state index in [0.29, 0.717) is 23.5 Å². The van der Waals surface area contributed by atoms with Gasteiger partial charge in [-0.1, -0.05) is 0 Å². The fraction of sp³-hybridized carbons (Fsp3) is 0.211. The van der Waals surface area contributed by atoms with Gasteiger partial charge in [-0.05, 0) is 48.5 Å². The van der Waals surface area contributed by atoms with Crippen molar-refractivity contribution in [3.8, 4) is 11.8 Å². The minimum absolute atomic E-state index is 0.0786. The Morgan fingerprint density at radius 3 is 2.48 bits per heavy atom. The van der Waals surface area contributed by atoms with Crippen LogP contribution < -0.4 is 15.0 Å². The van der Waals surface area contributed by atoms with Crippen LogP contribution in [0.5, 0.6) is 5.75 Å². The third kappa shape index (κ3) is 3.61. The van der Waals surface area contributed by atoms with Crippen molar-refractivity contribution in [2.75, 3.05) is 23.9 Å². The molecule has 1 aliphatic heterocycles. The minimum Gasteiger partial charge on any atom is -0.497 e. The second-order valence-electron chi connectivity index (χ2n) is 5.78. The molecule has 6 nitrogen and oxygen atoms in total. The molecule has 0 saturated carbocycles. The molecule has 0 aliphatic carbocycles. The maximum atomic E-state index is 12.4. The summed E-state index contributed by atoms with van der Waals surface area (Å²) in [6, 6.07) is 15.8. The number of anilines is 2. The number of hydrogen-bond donors (Lipinski definition) is 1. The molecule has 0 radical (unpaired) electrons. The Hall–Kier alpha value is -3.33. The van der Waals surface area contributed by atoms with E-state index >= 15 is 0 Å². The van der Waals surface area contributed by atoms with Gasteiger partial charge in [0.1, 0.15) is 5.75 Å². The smallest absolute Gasteiger partial charge is 0.229 e. The van der Waals surface area contributed by atoms with Crippen molar-refractivity contribution in [2.24, 2.45) is 5.92 Å². The van der Waals surface area contributed by atoms with Crippen molar-refractivity contribution in [3.05, 3.63) is 54.1 Å². The van der Waals surface area contributed by atoms with Crippen molar-refractivity contribution in [2.45, 2.75) is 6.42 Å². The fourth-order valence-corrected chi connectivity index (χ4v) is 2.77. The van der Waals surface area contributed by atoms with Crippen molar-refractivity contribution < 1.29 is 14.3 Å². The van der Waals surface area contributed by atoms with Gasteiger partial charge in [0.15, 0.2) is 0 Å². The van der Waals surface area contributed by atoms with E-state index in [9.17, 15) is 9.59 Å². The van der Waals surface area contributed by atoms with E-state index in [2.05, 4.69) is 5.32 Å². The van der Waals surface area contributed by atoms with Gasteiger partial charge in [-0.2, -0.15) is 5.26 Å². The summed E-state index contributed by atoms with van der Waals surface area (Å²) in [7, 11) is 1.58. The molecule has 25 heavy (non-hydrogen) atoms. The van der Waals surface area contributed by atoms with Crippen molar-refractivity contribution >= 4 is 23.2 Å². The summed E-state index contributed by atoms with van der Waals surface area (Å²) < 4.78 is 5.11. The van der Waals surface area contributed by atoms with Crippen LogP contribution in [-0.4, -0.2) is 25.5 Å². The maximum absolute atomic E-state index is 12.4. The molecule has 2 aromatic rings. The van der Waals surface area contributed by atoms with Crippen LogP contribution in [0.25, 0.3) is 0 Å². The summed E-state index contributed by atoms with van der Waals surface area (Å²) >= 11 is 0. The Kier molecular flexibility index (Phi) is 4.66. The molecule has 0 aromatic heterocycles. The Morgan fingerprint density at radius 1 is 1.20 bits per heavy atom. The third-order valence-electron chi connectivity index (χ3n) is 4.16. The number of benzene rings is 2. The molecule has 1 atom stereocenters. The predicted octanol–water partition coefficient (Wildman–Crippen LogP) is 2.56. The molecule has 0 spiro atoms. The molecule has 2 amide bonds. The largest absolute Gasteiger partial charge is 0.497 e. The van der Waals surface area contributed by atoms with E-state index in [-0.39, 0.29) is 18.2 Å². The molecule has 0 unspecified atom stereocenters. The quantitative estimate of drug-likeness (QED) is 0.931. The topological polar surface area (TPSA) is 82.4 Å². The van der Waals surface area contributed by atoms with Crippen molar-refractivity contribution in [1.29, 1.82) is 5.26 Å². The zero-order valence-corrected chi connectivity index (χ0v) is 13.7. The van der Waals surface area contributed by atoms with E-state index in [1.54, 1.807) is 60.5 Å². The molecule has 126 valence electrons. The number of rotatable bonds is 4. The van der Waals surface area contributed by atoms with Crippen LogP contribution >= 0.6 is 0 Å². The Bertz CT molecular complexity index is 822. The average Bonchev–Trinajstić information content (AvgIpc) is 3.04. The number of carbonyl (C=O) groups excluding carboxylic acids is 2. The summed E-state index contributed by atoms with van der Waals surface area (Å²) in [6.45, 7) is 0.341. The Morgan fingerprint density at radius 2 is 1.88 bits per heavy atom. The second kappa shape index (κ2) is 7.05. The van der Waals surface area contributed by atoms with Gasteiger partial charge in [-0.15, -0.1) is 0 Å². The number of nitrogens with one attached hydrogen (secondary N) is 1. The molecular formula is C19H17N3O3. The lowest BCUT2D eigenvalue weighted by Gasteiger charge is -2.17. The summed E-state index contributed by atoms with van der Waals surface area (Å²) in [5.41, 5.74) is 1.89. The molecule has 2 aromatic carbocycles. The summed E-state index contributed by atoms with van der Waals surface area (Å²) in [5.74, 6) is 0.0231. The molecular weight excluding hydrogens is 318 g/mol. The van der Waals surface area contributed by atoms with Crippen molar-refractivity contribution in [3.63, 3.8) is 0 Å². The Balaban J connectivity index is 1.66. The number of hydrogen-bond acceptors (Lipinski definition) is 4. The highest BCUT2D eigenvalue weighted by atomic mass is 16.5. The lowest BCUT2D eigenvalue weighted by atomic mass is 10.1. The number of nitriles is 1. The van der Waals surface area contributed by atoms with Crippen LogP contribution in [0.15, 0.2) is 48.5 Å². The third-order valence-corrected chi connectivity index (χ3v) is 4.16. The standard InChI is InChI=1S/C19H17N3O3/c1-25-17-8-6-16(7-9-17)22-12-14(10-18(22)23)19(24)21-15-4-2-13(11-20)3-5-15/h2-9,14H,10,12H2,1H3,(H,21,24)/t14-/m1/s1. The van der Waals surface area contributed by atoms with Gasteiger partial charge in [0.25, 0.3) is 0 Å². The minimum atomic E-state index is -0.412. The van der Waals surface area contributed by atoms with Gasteiger partial charge in [-0.25, -0.2) is 0 Å². The molecule has 0 bridgehead atoms. The van der Waals surface area contributed by atoms with E-state index in [4.69, 9.17) is 10.00 Å². The molecule has 1 N–H and O–H groups in total. The van der Waals surface area contributed by atoms with E-state index in [0.717, 1.165) is 5.69 Å². The lowest BCUT2D eigenvalue weighted by Crippen LogP contribution is -2.28. The average molecular weight is 335 g/mol. The van der Waals surface area contributed by atoms with Crippen LogP contribution in [0.2, 0.25) is 0 Å². The second-order valence-corrected chi connectivity index (χ2v) is 5.78. The van der Waals surface area contributed by atoms with E-state index in [1.165, 1.54) is 0 Å². The molecule has 6 heteroatoms. The zero-order valence-electron chi connectivity index (χ0n) is 13.7. The van der Waals surface area contributed by atoms with Gasteiger partial charge < -0.3 is 15.0 Å². The Labute approximate surface area is 145 Å². The van der Waals surface area contributed by atoms with Crippen LogP contribution in [0.4, 0.5) is 11.4 Å². The van der Waals surface area contributed by atoms with E-state index in [1.807, 2.05) is 6.07 Å². The number of nitrogens with zero attached hydrogens (tertiary/aromatic N) is 2. The monoisotopic (exact) mass is 335 g/mol. The first-order valence-corrected chi connectivity index (χ1v) is 7.86. The highest BCUT2D eigenvalue weighted by Gasteiger charge is 2.35. The van der Waals surface area contributed by atoms with Crippen LogP contribution in [-0.2, 0) is 9.59 Å². The number of ether oxygens (including phenoxy) is 1. The first-order valence-electron chi connectivity index (χ1n) is 7.86. The number of amides is 2. The molecule has 1 aliphatic rings. The van der Waals surface area contributed by atoms with Gasteiger partial charge in [0.2, 0.25) is 11.8 Å². The summed E-state index contributed by atoms with van der Waals surface area (Å²) in [6.07, 6.45) is 0.175. The van der Waals surface area contributed by atoms with Gasteiger partial charge >= 0.3 is 0 Å². The van der Waals surface area contributed by atoms with Crippen LogP contribution in [0.1, 0.15) is 12.0 Å². The van der Waals surface area contributed by atoms with Gasteiger partial charge in [-0.3, -0.25) is 9.59 Å². The highest BCUT2D eigenvalue weighted by molar-refractivity contribution is 6.03. The predicted molar refractivity (Wildman–Crippen MR) is 93.2 cm³/mol.